The number of aliphatic hydroxyl groups is 1. The van der Waals surface area contributed by atoms with E-state index in [0.29, 0.717) is 0 Å². The third-order valence-corrected chi connectivity index (χ3v) is 2.85. The van der Waals surface area contributed by atoms with E-state index in [-0.39, 0.29) is 24.7 Å². The lowest BCUT2D eigenvalue weighted by Gasteiger charge is -2.31. The van der Waals surface area contributed by atoms with Crippen LogP contribution in [0.15, 0.2) is 0 Å². The summed E-state index contributed by atoms with van der Waals surface area (Å²) in [5.74, 6) is 0.182. The summed E-state index contributed by atoms with van der Waals surface area (Å²) in [6.45, 7) is 5.67. The van der Waals surface area contributed by atoms with Gasteiger partial charge < -0.3 is 15.2 Å². The smallest absolute Gasteiger partial charge is 0.407 e. The van der Waals surface area contributed by atoms with Crippen molar-refractivity contribution in [3.8, 4) is 0 Å². The zero-order chi connectivity index (χ0) is 12.2. The molecule has 1 unspecified atom stereocenters. The van der Waals surface area contributed by atoms with Crippen molar-refractivity contribution in [2.75, 3.05) is 6.61 Å². The quantitative estimate of drug-likeness (QED) is 0.762. The number of alkyl carbamates (subject to hydrolysis) is 1. The van der Waals surface area contributed by atoms with E-state index in [9.17, 15) is 9.90 Å². The van der Waals surface area contributed by atoms with Crippen molar-refractivity contribution in [1.29, 1.82) is 0 Å². The maximum atomic E-state index is 11.6. The van der Waals surface area contributed by atoms with Gasteiger partial charge in [0.1, 0.15) is 5.60 Å². The Hall–Kier alpha value is -0.770. The lowest BCUT2D eigenvalue weighted by molar-refractivity contribution is 0.0446. The van der Waals surface area contributed by atoms with Crippen LogP contribution in [0.5, 0.6) is 0 Å². The van der Waals surface area contributed by atoms with E-state index in [4.69, 9.17) is 4.74 Å². The Morgan fingerprint density at radius 3 is 2.56 bits per heavy atom. The lowest BCUT2D eigenvalue weighted by Crippen LogP contribution is -2.45. The zero-order valence-corrected chi connectivity index (χ0v) is 10.5. The topological polar surface area (TPSA) is 58.6 Å². The van der Waals surface area contributed by atoms with Gasteiger partial charge in [0.25, 0.3) is 0 Å². The van der Waals surface area contributed by atoms with Gasteiger partial charge >= 0.3 is 6.09 Å². The van der Waals surface area contributed by atoms with Gasteiger partial charge in [0.15, 0.2) is 0 Å². The van der Waals surface area contributed by atoms with Crippen LogP contribution in [0.3, 0.4) is 0 Å². The normalized spacial score (nSPS) is 26.2. The number of amides is 1. The molecule has 0 bridgehead atoms. The molecule has 2 atom stereocenters. The number of hydrogen-bond donors (Lipinski definition) is 2. The number of ether oxygens (including phenoxy) is 1. The highest BCUT2D eigenvalue weighted by Crippen LogP contribution is 2.24. The summed E-state index contributed by atoms with van der Waals surface area (Å²) in [6, 6.07) is 0.0635. The van der Waals surface area contributed by atoms with Gasteiger partial charge in [-0.15, -0.1) is 0 Å². The number of rotatable bonds is 2. The minimum Gasteiger partial charge on any atom is -0.444 e. The molecule has 1 fully saturated rings. The summed E-state index contributed by atoms with van der Waals surface area (Å²) in [4.78, 5) is 11.6. The van der Waals surface area contributed by atoms with Gasteiger partial charge in [-0.05, 0) is 33.6 Å². The SMILES string of the molecule is CC(C)(C)OC(=O)NC1CCCC[C@@H]1CO. The molecule has 0 aromatic carbocycles. The van der Waals surface area contributed by atoms with Crippen LogP contribution in [0.1, 0.15) is 46.5 Å². The Morgan fingerprint density at radius 2 is 2.00 bits per heavy atom. The molecule has 1 aliphatic carbocycles. The first-order valence-corrected chi connectivity index (χ1v) is 6.03. The highest BCUT2D eigenvalue weighted by molar-refractivity contribution is 5.68. The van der Waals surface area contributed by atoms with E-state index in [2.05, 4.69) is 5.32 Å². The Labute approximate surface area is 97.4 Å². The average Bonchev–Trinajstić information content (AvgIpc) is 2.15. The van der Waals surface area contributed by atoms with Crippen molar-refractivity contribution in [3.05, 3.63) is 0 Å². The van der Waals surface area contributed by atoms with E-state index in [0.717, 1.165) is 25.7 Å². The first-order chi connectivity index (χ1) is 7.42. The predicted molar refractivity (Wildman–Crippen MR) is 62.2 cm³/mol. The molecule has 94 valence electrons. The van der Waals surface area contributed by atoms with Gasteiger partial charge in [0.2, 0.25) is 0 Å². The van der Waals surface area contributed by atoms with Crippen molar-refractivity contribution in [3.63, 3.8) is 0 Å². The molecule has 4 nitrogen and oxygen atoms in total. The molecule has 1 aliphatic rings. The highest BCUT2D eigenvalue weighted by atomic mass is 16.6. The van der Waals surface area contributed by atoms with Crippen molar-refractivity contribution >= 4 is 6.09 Å². The van der Waals surface area contributed by atoms with E-state index >= 15 is 0 Å². The van der Waals surface area contributed by atoms with E-state index < -0.39 is 5.60 Å². The largest absolute Gasteiger partial charge is 0.444 e. The summed E-state index contributed by atoms with van der Waals surface area (Å²) in [6.07, 6.45) is 3.79. The first-order valence-electron chi connectivity index (χ1n) is 6.03. The summed E-state index contributed by atoms with van der Waals surface area (Å²) < 4.78 is 5.20. The number of carbonyl (C=O) groups is 1. The molecule has 0 aromatic rings. The Morgan fingerprint density at radius 1 is 1.38 bits per heavy atom. The van der Waals surface area contributed by atoms with Crippen LogP contribution in [0.2, 0.25) is 0 Å². The number of hydrogen-bond acceptors (Lipinski definition) is 3. The second-order valence-corrected chi connectivity index (χ2v) is 5.48. The lowest BCUT2D eigenvalue weighted by atomic mass is 9.85. The van der Waals surface area contributed by atoms with Crippen LogP contribution in [-0.4, -0.2) is 29.4 Å². The van der Waals surface area contributed by atoms with Crippen LogP contribution < -0.4 is 5.32 Å². The standard InChI is InChI=1S/C12H23NO3/c1-12(2,3)16-11(15)13-10-7-5-4-6-9(10)8-14/h9-10,14H,4-8H2,1-3H3,(H,13,15)/t9-,10?/m1/s1. The number of carbonyl (C=O) groups excluding carboxylic acids is 1. The van der Waals surface area contributed by atoms with Crippen LogP contribution in [0, 0.1) is 5.92 Å². The Kier molecular flexibility index (Phi) is 4.59. The monoisotopic (exact) mass is 229 g/mol. The third-order valence-electron chi connectivity index (χ3n) is 2.85. The Bertz CT molecular complexity index is 235. The van der Waals surface area contributed by atoms with Gasteiger partial charge in [-0.2, -0.15) is 0 Å². The van der Waals surface area contributed by atoms with Crippen LogP contribution in [-0.2, 0) is 4.74 Å². The molecular weight excluding hydrogens is 206 g/mol. The fourth-order valence-electron chi connectivity index (χ4n) is 2.08. The molecule has 0 radical (unpaired) electrons. The summed E-state index contributed by atoms with van der Waals surface area (Å²) in [5.41, 5.74) is -0.465. The number of aliphatic hydroxyl groups excluding tert-OH is 1. The highest BCUT2D eigenvalue weighted by Gasteiger charge is 2.27. The van der Waals surface area contributed by atoms with Gasteiger partial charge in [0, 0.05) is 18.6 Å². The Balaban J connectivity index is 2.42. The van der Waals surface area contributed by atoms with Gasteiger partial charge in [-0.25, -0.2) is 4.79 Å². The molecule has 0 saturated heterocycles. The minimum atomic E-state index is -0.465. The maximum Gasteiger partial charge on any atom is 0.407 e. The maximum absolute atomic E-state index is 11.6. The van der Waals surface area contributed by atoms with Crippen molar-refractivity contribution in [1.82, 2.24) is 5.32 Å². The van der Waals surface area contributed by atoms with Gasteiger partial charge in [-0.3, -0.25) is 0 Å². The number of nitrogens with one attached hydrogen (secondary N) is 1. The molecule has 2 N–H and O–H groups in total. The van der Waals surface area contributed by atoms with Crippen LogP contribution >= 0.6 is 0 Å². The van der Waals surface area contributed by atoms with E-state index in [1.807, 2.05) is 20.8 Å². The predicted octanol–water partition coefficient (Wildman–Crippen LogP) is 2.06. The molecule has 0 heterocycles. The molecule has 0 aliphatic heterocycles. The van der Waals surface area contributed by atoms with Crippen molar-refractivity contribution in [2.45, 2.75) is 58.1 Å². The second-order valence-electron chi connectivity index (χ2n) is 5.48. The fraction of sp³-hybridized carbons (Fsp3) is 0.917. The molecule has 16 heavy (non-hydrogen) atoms. The van der Waals surface area contributed by atoms with Crippen molar-refractivity contribution in [2.24, 2.45) is 5.92 Å². The van der Waals surface area contributed by atoms with Crippen LogP contribution in [0.25, 0.3) is 0 Å². The summed E-state index contributed by atoms with van der Waals surface area (Å²) >= 11 is 0. The van der Waals surface area contributed by atoms with Crippen molar-refractivity contribution < 1.29 is 14.6 Å². The third kappa shape index (κ3) is 4.39. The van der Waals surface area contributed by atoms with Gasteiger partial charge in [-0.1, -0.05) is 12.8 Å². The average molecular weight is 229 g/mol. The van der Waals surface area contributed by atoms with Gasteiger partial charge in [0.05, 0.1) is 0 Å². The molecule has 4 heteroatoms. The second kappa shape index (κ2) is 5.53. The molecule has 0 spiro atoms. The fourth-order valence-corrected chi connectivity index (χ4v) is 2.08. The first kappa shape index (κ1) is 13.3. The van der Waals surface area contributed by atoms with E-state index in [1.54, 1.807) is 0 Å². The molecule has 1 saturated carbocycles. The van der Waals surface area contributed by atoms with E-state index in [1.165, 1.54) is 0 Å². The molecule has 1 amide bonds. The molecule has 0 aromatic heterocycles. The molecule has 1 rings (SSSR count). The summed E-state index contributed by atoms with van der Waals surface area (Å²) in [5, 5.41) is 12.1. The minimum absolute atomic E-state index is 0.0635. The van der Waals surface area contributed by atoms with Crippen LogP contribution in [0.4, 0.5) is 4.79 Å². The zero-order valence-electron chi connectivity index (χ0n) is 10.5. The summed E-state index contributed by atoms with van der Waals surface area (Å²) in [7, 11) is 0. The molecular formula is C12H23NO3.